The van der Waals surface area contributed by atoms with Gasteiger partial charge < -0.3 is 9.63 Å². The van der Waals surface area contributed by atoms with E-state index in [0.717, 1.165) is 0 Å². The molecule has 0 aliphatic rings. The first-order chi connectivity index (χ1) is 9.65. The van der Waals surface area contributed by atoms with Gasteiger partial charge in [-0.05, 0) is 30.3 Å². The molecule has 1 aromatic heterocycles. The van der Waals surface area contributed by atoms with Crippen LogP contribution in [0.3, 0.4) is 0 Å². The van der Waals surface area contributed by atoms with Crippen LogP contribution in [-0.4, -0.2) is 15.2 Å². The van der Waals surface area contributed by atoms with Gasteiger partial charge in [0.25, 0.3) is 5.89 Å². The van der Waals surface area contributed by atoms with Gasteiger partial charge in [0.15, 0.2) is 0 Å². The van der Waals surface area contributed by atoms with Crippen molar-refractivity contribution >= 4 is 11.6 Å². The molecule has 0 spiro atoms. The lowest BCUT2D eigenvalue weighted by Gasteiger charge is -1.97. The third-order valence-electron chi connectivity index (χ3n) is 2.74. The molecule has 0 saturated carbocycles. The van der Waals surface area contributed by atoms with Gasteiger partial charge in [0.05, 0.1) is 10.6 Å². The van der Waals surface area contributed by atoms with Crippen LogP contribution < -0.4 is 0 Å². The third kappa shape index (κ3) is 2.23. The lowest BCUT2D eigenvalue weighted by atomic mass is 10.2. The van der Waals surface area contributed by atoms with E-state index in [1.54, 1.807) is 18.2 Å². The van der Waals surface area contributed by atoms with Crippen molar-refractivity contribution in [1.29, 1.82) is 0 Å². The Bertz CT molecular complexity index is 773. The summed E-state index contributed by atoms with van der Waals surface area (Å²) in [5.74, 6) is -0.0247. The van der Waals surface area contributed by atoms with Crippen molar-refractivity contribution in [3.63, 3.8) is 0 Å². The normalized spacial score (nSPS) is 10.7. The maximum absolute atomic E-state index is 13.1. The molecule has 3 aromatic rings. The van der Waals surface area contributed by atoms with Crippen LogP contribution in [0.1, 0.15) is 0 Å². The van der Waals surface area contributed by atoms with Crippen molar-refractivity contribution in [2.24, 2.45) is 0 Å². The second kappa shape index (κ2) is 4.94. The summed E-state index contributed by atoms with van der Waals surface area (Å²) in [6.45, 7) is 0. The second-order valence-corrected chi connectivity index (χ2v) is 4.48. The van der Waals surface area contributed by atoms with Gasteiger partial charge in [-0.1, -0.05) is 28.9 Å². The van der Waals surface area contributed by atoms with E-state index in [0.29, 0.717) is 11.1 Å². The number of para-hydroxylation sites is 1. The molecule has 2 aromatic carbocycles. The molecule has 0 aliphatic carbocycles. The standard InChI is InChI=1S/C14H8ClFN2O2/c15-10-7-8(5-6-11(10)16)13-17-14(20-18-13)9-3-1-2-4-12(9)19/h1-7,19H. The average Bonchev–Trinajstić information content (AvgIpc) is 2.92. The number of aromatic hydroxyl groups is 1. The summed E-state index contributed by atoms with van der Waals surface area (Å²) >= 11 is 5.71. The number of phenolic OH excluding ortho intramolecular Hbond substituents is 1. The van der Waals surface area contributed by atoms with Crippen molar-refractivity contribution in [2.45, 2.75) is 0 Å². The summed E-state index contributed by atoms with van der Waals surface area (Å²) < 4.78 is 18.2. The largest absolute Gasteiger partial charge is 0.507 e. The Morgan fingerprint density at radius 2 is 1.95 bits per heavy atom. The zero-order valence-corrected chi connectivity index (χ0v) is 10.8. The van der Waals surface area contributed by atoms with E-state index >= 15 is 0 Å². The summed E-state index contributed by atoms with van der Waals surface area (Å²) in [7, 11) is 0. The molecular formula is C14H8ClFN2O2. The van der Waals surface area contributed by atoms with Gasteiger partial charge >= 0.3 is 0 Å². The predicted molar refractivity (Wildman–Crippen MR) is 71.8 cm³/mol. The van der Waals surface area contributed by atoms with Crippen molar-refractivity contribution in [3.8, 4) is 28.6 Å². The van der Waals surface area contributed by atoms with Gasteiger partial charge in [-0.25, -0.2) is 4.39 Å². The van der Waals surface area contributed by atoms with Crippen LogP contribution in [0.2, 0.25) is 5.02 Å². The lowest BCUT2D eigenvalue weighted by Crippen LogP contribution is -1.84. The number of rotatable bonds is 2. The molecule has 0 saturated heterocycles. The van der Waals surface area contributed by atoms with Crippen molar-refractivity contribution in [3.05, 3.63) is 53.3 Å². The Morgan fingerprint density at radius 1 is 1.15 bits per heavy atom. The summed E-state index contributed by atoms with van der Waals surface area (Å²) in [5.41, 5.74) is 0.960. The van der Waals surface area contributed by atoms with E-state index in [1.165, 1.54) is 24.3 Å². The minimum atomic E-state index is -0.514. The molecule has 6 heteroatoms. The molecule has 0 fully saturated rings. The number of phenols is 1. The molecule has 0 unspecified atom stereocenters. The number of aromatic nitrogens is 2. The van der Waals surface area contributed by atoms with E-state index in [9.17, 15) is 9.50 Å². The summed E-state index contributed by atoms with van der Waals surface area (Å²) in [5, 5.41) is 13.5. The van der Waals surface area contributed by atoms with Crippen molar-refractivity contribution in [1.82, 2.24) is 10.1 Å². The fourth-order valence-electron chi connectivity index (χ4n) is 1.74. The predicted octanol–water partition coefficient (Wildman–Crippen LogP) is 3.90. The molecule has 0 radical (unpaired) electrons. The number of benzene rings is 2. The van der Waals surface area contributed by atoms with Crippen molar-refractivity contribution in [2.75, 3.05) is 0 Å². The van der Waals surface area contributed by atoms with E-state index in [4.69, 9.17) is 16.1 Å². The topological polar surface area (TPSA) is 59.2 Å². The fraction of sp³-hybridized carbons (Fsp3) is 0. The van der Waals surface area contributed by atoms with Crippen LogP contribution in [0.25, 0.3) is 22.8 Å². The minimum Gasteiger partial charge on any atom is -0.507 e. The Kier molecular flexibility index (Phi) is 3.12. The fourth-order valence-corrected chi connectivity index (χ4v) is 1.92. The van der Waals surface area contributed by atoms with Gasteiger partial charge in [0.1, 0.15) is 11.6 Å². The molecule has 0 atom stereocenters. The molecule has 1 heterocycles. The van der Waals surface area contributed by atoms with Crippen LogP contribution >= 0.6 is 11.6 Å². The molecule has 0 amide bonds. The molecule has 0 bridgehead atoms. The SMILES string of the molecule is Oc1ccccc1-c1nc(-c2ccc(F)c(Cl)c2)no1. The van der Waals surface area contributed by atoms with Gasteiger partial charge in [-0.2, -0.15) is 4.98 Å². The molecule has 100 valence electrons. The smallest absolute Gasteiger partial charge is 0.261 e. The highest BCUT2D eigenvalue weighted by Crippen LogP contribution is 2.29. The first-order valence-corrected chi connectivity index (χ1v) is 6.10. The van der Waals surface area contributed by atoms with Gasteiger partial charge in [0, 0.05) is 5.56 Å². The van der Waals surface area contributed by atoms with Gasteiger partial charge in [0.2, 0.25) is 5.82 Å². The molecule has 0 aliphatic heterocycles. The summed E-state index contributed by atoms with van der Waals surface area (Å²) in [4.78, 5) is 4.16. The van der Waals surface area contributed by atoms with Crippen LogP contribution in [0.5, 0.6) is 5.75 Å². The van der Waals surface area contributed by atoms with E-state index < -0.39 is 5.82 Å². The third-order valence-corrected chi connectivity index (χ3v) is 3.03. The Balaban J connectivity index is 2.02. The number of hydrogen-bond donors (Lipinski definition) is 1. The van der Waals surface area contributed by atoms with Gasteiger partial charge in [-0.15, -0.1) is 0 Å². The maximum atomic E-state index is 13.1. The highest BCUT2D eigenvalue weighted by Gasteiger charge is 2.14. The van der Waals surface area contributed by atoms with E-state index in [-0.39, 0.29) is 22.5 Å². The van der Waals surface area contributed by atoms with E-state index in [1.807, 2.05) is 0 Å². The van der Waals surface area contributed by atoms with E-state index in [2.05, 4.69) is 10.1 Å². The summed E-state index contributed by atoms with van der Waals surface area (Å²) in [6.07, 6.45) is 0. The van der Waals surface area contributed by atoms with Crippen molar-refractivity contribution < 1.29 is 14.0 Å². The highest BCUT2D eigenvalue weighted by molar-refractivity contribution is 6.31. The van der Waals surface area contributed by atoms with Crippen LogP contribution in [-0.2, 0) is 0 Å². The zero-order valence-electron chi connectivity index (χ0n) is 10.0. The number of hydrogen-bond acceptors (Lipinski definition) is 4. The Morgan fingerprint density at radius 3 is 2.70 bits per heavy atom. The zero-order chi connectivity index (χ0) is 14.1. The number of nitrogens with zero attached hydrogens (tertiary/aromatic N) is 2. The molecular weight excluding hydrogens is 283 g/mol. The summed E-state index contributed by atoms with van der Waals surface area (Å²) in [6, 6.07) is 10.8. The maximum Gasteiger partial charge on any atom is 0.261 e. The van der Waals surface area contributed by atoms with Crippen LogP contribution in [0.15, 0.2) is 47.0 Å². The molecule has 1 N–H and O–H groups in total. The molecule has 20 heavy (non-hydrogen) atoms. The first-order valence-electron chi connectivity index (χ1n) is 5.72. The van der Waals surface area contributed by atoms with Crippen LogP contribution in [0.4, 0.5) is 4.39 Å². The average molecular weight is 291 g/mol. The minimum absolute atomic E-state index is 0.0172. The monoisotopic (exact) mass is 290 g/mol. The first kappa shape index (κ1) is 12.6. The Labute approximate surface area is 118 Å². The lowest BCUT2D eigenvalue weighted by molar-refractivity contribution is 0.425. The molecule has 3 rings (SSSR count). The number of halogens is 2. The molecule has 4 nitrogen and oxygen atoms in total. The Hall–Kier alpha value is -2.40. The highest BCUT2D eigenvalue weighted by atomic mass is 35.5. The van der Waals surface area contributed by atoms with Crippen LogP contribution in [0, 0.1) is 5.82 Å². The second-order valence-electron chi connectivity index (χ2n) is 4.07. The quantitative estimate of drug-likeness (QED) is 0.777. The van der Waals surface area contributed by atoms with Gasteiger partial charge in [-0.3, -0.25) is 0 Å².